The Morgan fingerprint density at radius 1 is 1.11 bits per heavy atom. The van der Waals surface area contributed by atoms with Gasteiger partial charge in [0.05, 0.1) is 11.9 Å². The Balaban J connectivity index is 2.17. The summed E-state index contributed by atoms with van der Waals surface area (Å²) in [6.07, 6.45) is 5.23. The highest BCUT2D eigenvalue weighted by molar-refractivity contribution is 5.59. The molecule has 0 aliphatic carbocycles. The lowest BCUT2D eigenvalue weighted by molar-refractivity contribution is 0.930. The van der Waals surface area contributed by atoms with Gasteiger partial charge in [-0.15, -0.1) is 0 Å². The lowest BCUT2D eigenvalue weighted by Gasteiger charge is -2.10. The van der Waals surface area contributed by atoms with Gasteiger partial charge < -0.3 is 4.90 Å². The predicted molar refractivity (Wildman–Crippen MR) is 68.3 cm³/mol. The molecule has 0 spiro atoms. The van der Waals surface area contributed by atoms with Crippen molar-refractivity contribution in [1.29, 1.82) is 0 Å². The first-order valence-electron chi connectivity index (χ1n) is 5.55. The lowest BCUT2D eigenvalue weighted by atomic mass is 10.3. The van der Waals surface area contributed by atoms with Gasteiger partial charge in [-0.05, 0) is 18.2 Å². The van der Waals surface area contributed by atoms with E-state index >= 15 is 0 Å². The van der Waals surface area contributed by atoms with Gasteiger partial charge in [0.1, 0.15) is 5.69 Å². The van der Waals surface area contributed by atoms with Crippen LogP contribution in [0.4, 0.5) is 5.95 Å². The molecule has 0 aliphatic rings. The van der Waals surface area contributed by atoms with Gasteiger partial charge in [-0.3, -0.25) is 0 Å². The summed E-state index contributed by atoms with van der Waals surface area (Å²) in [5.74, 6) is 0.665. The van der Waals surface area contributed by atoms with Crippen LogP contribution < -0.4 is 4.90 Å². The van der Waals surface area contributed by atoms with Crippen LogP contribution in [0.15, 0.2) is 36.8 Å². The molecule has 3 aromatic rings. The number of nitrogens with zero attached hydrogens (tertiary/aromatic N) is 6. The zero-order valence-electron chi connectivity index (χ0n) is 10.1. The van der Waals surface area contributed by atoms with Crippen molar-refractivity contribution in [2.24, 2.45) is 0 Å². The molecule has 0 saturated heterocycles. The summed E-state index contributed by atoms with van der Waals surface area (Å²) in [6, 6.07) is 5.62. The highest BCUT2D eigenvalue weighted by atomic mass is 15.3. The van der Waals surface area contributed by atoms with Crippen molar-refractivity contribution in [3.8, 4) is 11.4 Å². The average molecular weight is 240 g/mol. The number of aromatic nitrogens is 5. The van der Waals surface area contributed by atoms with Crippen molar-refractivity contribution in [3.05, 3.63) is 36.8 Å². The van der Waals surface area contributed by atoms with E-state index in [2.05, 4.69) is 20.1 Å². The Hall–Kier alpha value is -2.50. The van der Waals surface area contributed by atoms with Gasteiger partial charge in [-0.1, -0.05) is 0 Å². The van der Waals surface area contributed by atoms with E-state index in [0.717, 1.165) is 17.0 Å². The zero-order chi connectivity index (χ0) is 12.5. The third-order valence-electron chi connectivity index (χ3n) is 2.58. The maximum Gasteiger partial charge on any atom is 0.225 e. The largest absolute Gasteiger partial charge is 0.347 e. The van der Waals surface area contributed by atoms with Crippen LogP contribution in [0, 0.1) is 0 Å². The predicted octanol–water partition coefficient (Wildman–Crippen LogP) is 1.25. The van der Waals surface area contributed by atoms with Gasteiger partial charge in [0.2, 0.25) is 5.95 Å². The second-order valence-corrected chi connectivity index (χ2v) is 4.07. The minimum absolute atomic E-state index is 0.665. The van der Waals surface area contributed by atoms with Gasteiger partial charge in [-0.25, -0.2) is 19.5 Å². The molecule has 0 N–H and O–H groups in total. The molecule has 0 aliphatic heterocycles. The topological polar surface area (TPSA) is 59.2 Å². The van der Waals surface area contributed by atoms with Crippen molar-refractivity contribution in [3.63, 3.8) is 0 Å². The lowest BCUT2D eigenvalue weighted by Crippen LogP contribution is -2.12. The van der Waals surface area contributed by atoms with Crippen molar-refractivity contribution in [1.82, 2.24) is 24.6 Å². The molecular formula is C12H12N6. The number of fused-ring (bicyclic) bond motifs is 1. The van der Waals surface area contributed by atoms with Crippen LogP contribution in [-0.2, 0) is 0 Å². The SMILES string of the molecule is CN(C)c1nccc(-c2cnc3cccnn23)n1. The number of hydrogen-bond acceptors (Lipinski definition) is 5. The van der Waals surface area contributed by atoms with E-state index in [9.17, 15) is 0 Å². The first-order chi connectivity index (χ1) is 8.75. The molecule has 3 rings (SSSR count). The molecule has 6 nitrogen and oxygen atoms in total. The Morgan fingerprint density at radius 3 is 2.83 bits per heavy atom. The second kappa shape index (κ2) is 4.06. The fourth-order valence-electron chi connectivity index (χ4n) is 1.71. The Kier molecular flexibility index (Phi) is 2.40. The summed E-state index contributed by atoms with van der Waals surface area (Å²) in [4.78, 5) is 14.8. The standard InChI is InChI=1S/C12H12N6/c1-17(2)12-13-7-5-9(16-12)10-8-14-11-4-3-6-15-18(10)11/h3-8H,1-2H3. The summed E-state index contributed by atoms with van der Waals surface area (Å²) >= 11 is 0. The normalized spacial score (nSPS) is 10.8. The van der Waals surface area contributed by atoms with Crippen molar-refractivity contribution in [2.45, 2.75) is 0 Å². The third-order valence-corrected chi connectivity index (χ3v) is 2.58. The third kappa shape index (κ3) is 1.67. The van der Waals surface area contributed by atoms with E-state index < -0.39 is 0 Å². The number of imidazole rings is 1. The second-order valence-electron chi connectivity index (χ2n) is 4.07. The van der Waals surface area contributed by atoms with E-state index in [4.69, 9.17) is 0 Å². The van der Waals surface area contributed by atoms with E-state index in [0.29, 0.717) is 5.95 Å². The molecule has 0 radical (unpaired) electrons. The molecule has 3 heterocycles. The Bertz CT molecular complexity index is 688. The van der Waals surface area contributed by atoms with Crippen LogP contribution in [0.1, 0.15) is 0 Å². The van der Waals surface area contributed by atoms with Crippen LogP contribution >= 0.6 is 0 Å². The summed E-state index contributed by atoms with van der Waals surface area (Å²) in [7, 11) is 3.82. The molecule has 90 valence electrons. The zero-order valence-corrected chi connectivity index (χ0v) is 10.1. The first kappa shape index (κ1) is 10.6. The maximum atomic E-state index is 4.48. The van der Waals surface area contributed by atoms with Crippen LogP contribution in [-0.4, -0.2) is 38.7 Å². The Labute approximate surface area is 104 Å². The van der Waals surface area contributed by atoms with Crippen LogP contribution in [0.5, 0.6) is 0 Å². The molecule has 0 amide bonds. The smallest absolute Gasteiger partial charge is 0.225 e. The van der Waals surface area contributed by atoms with E-state index in [-0.39, 0.29) is 0 Å². The molecule has 3 aromatic heterocycles. The highest BCUT2D eigenvalue weighted by Gasteiger charge is 2.09. The van der Waals surface area contributed by atoms with E-state index in [1.54, 1.807) is 23.1 Å². The minimum atomic E-state index is 0.665. The monoisotopic (exact) mass is 240 g/mol. The molecule has 0 bridgehead atoms. The summed E-state index contributed by atoms with van der Waals surface area (Å²) < 4.78 is 1.77. The molecule has 6 heteroatoms. The fraction of sp³-hybridized carbons (Fsp3) is 0.167. The van der Waals surface area contributed by atoms with Crippen molar-refractivity contribution in [2.75, 3.05) is 19.0 Å². The highest BCUT2D eigenvalue weighted by Crippen LogP contribution is 2.18. The van der Waals surface area contributed by atoms with Crippen molar-refractivity contribution < 1.29 is 0 Å². The number of hydrogen-bond donors (Lipinski definition) is 0. The van der Waals surface area contributed by atoms with Crippen LogP contribution in [0.25, 0.3) is 17.0 Å². The van der Waals surface area contributed by atoms with Crippen LogP contribution in [0.2, 0.25) is 0 Å². The van der Waals surface area contributed by atoms with Gasteiger partial charge in [0.15, 0.2) is 5.65 Å². The summed E-state index contributed by atoms with van der Waals surface area (Å²) in [5.41, 5.74) is 2.47. The van der Waals surface area contributed by atoms with Crippen LogP contribution in [0.3, 0.4) is 0 Å². The van der Waals surface area contributed by atoms with Gasteiger partial charge in [0.25, 0.3) is 0 Å². The van der Waals surface area contributed by atoms with Gasteiger partial charge in [0, 0.05) is 26.5 Å². The average Bonchev–Trinajstić information content (AvgIpc) is 2.82. The molecule has 0 atom stereocenters. The molecule has 0 saturated carbocycles. The fourth-order valence-corrected chi connectivity index (χ4v) is 1.71. The molecule has 0 unspecified atom stereocenters. The maximum absolute atomic E-state index is 4.48. The first-order valence-corrected chi connectivity index (χ1v) is 5.55. The van der Waals surface area contributed by atoms with Crippen molar-refractivity contribution >= 4 is 11.6 Å². The van der Waals surface area contributed by atoms with Gasteiger partial charge in [-0.2, -0.15) is 5.10 Å². The number of anilines is 1. The molecule has 0 fully saturated rings. The minimum Gasteiger partial charge on any atom is -0.347 e. The van der Waals surface area contributed by atoms with E-state index in [1.165, 1.54) is 0 Å². The number of rotatable bonds is 2. The molecule has 18 heavy (non-hydrogen) atoms. The molecule has 0 aromatic carbocycles. The van der Waals surface area contributed by atoms with Gasteiger partial charge >= 0.3 is 0 Å². The quantitative estimate of drug-likeness (QED) is 0.674. The van der Waals surface area contributed by atoms with E-state index in [1.807, 2.05) is 37.2 Å². The Morgan fingerprint density at radius 2 is 2.00 bits per heavy atom. The molecular weight excluding hydrogens is 228 g/mol. The summed E-state index contributed by atoms with van der Waals surface area (Å²) in [5, 5.41) is 4.27. The summed E-state index contributed by atoms with van der Waals surface area (Å²) in [6.45, 7) is 0.